The Balaban J connectivity index is 1.26. The molecule has 0 radical (unpaired) electrons. The Hall–Kier alpha value is -4.41. The molecule has 9 nitrogen and oxygen atoms in total. The van der Waals surface area contributed by atoms with Crippen molar-refractivity contribution < 1.29 is 29.3 Å². The van der Waals surface area contributed by atoms with E-state index in [1.165, 1.54) is 0 Å². The highest BCUT2D eigenvalue weighted by Gasteiger charge is 2.32. The van der Waals surface area contributed by atoms with Crippen LogP contribution in [0.1, 0.15) is 59.6 Å². The number of carboxylic acid groups (broad SMARTS) is 1. The lowest BCUT2D eigenvalue weighted by Crippen LogP contribution is -2.38. The summed E-state index contributed by atoms with van der Waals surface area (Å²) in [4.78, 5) is 29.4. The average molecular weight is 624 g/mol. The van der Waals surface area contributed by atoms with Crippen molar-refractivity contribution in [2.75, 3.05) is 20.1 Å². The molecule has 0 bridgehead atoms. The SMILES string of the molecule is CN(CCc1ccccn1)CC1CC(c2ccc(CO)cc2)OC(c2ccc(-c3cccc(CNC(=O)CCC(=O)O)c3)cc2)O1. The monoisotopic (exact) mass is 623 g/mol. The van der Waals surface area contributed by atoms with Gasteiger partial charge in [0.1, 0.15) is 0 Å². The molecule has 3 unspecified atom stereocenters. The molecule has 5 rings (SSSR count). The molecule has 0 aliphatic carbocycles. The highest BCUT2D eigenvalue weighted by Crippen LogP contribution is 2.38. The Bertz CT molecular complexity index is 1560. The summed E-state index contributed by atoms with van der Waals surface area (Å²) in [6, 6.07) is 29.9. The summed E-state index contributed by atoms with van der Waals surface area (Å²) in [7, 11) is 2.10. The van der Waals surface area contributed by atoms with E-state index in [0.29, 0.717) is 13.0 Å². The molecule has 0 saturated carbocycles. The first-order valence-electron chi connectivity index (χ1n) is 15.6. The van der Waals surface area contributed by atoms with Crippen LogP contribution < -0.4 is 5.32 Å². The van der Waals surface area contributed by atoms with E-state index in [-0.39, 0.29) is 37.6 Å². The van der Waals surface area contributed by atoms with Crippen LogP contribution in [-0.2, 0) is 38.6 Å². The third-order valence-electron chi connectivity index (χ3n) is 8.10. The number of likely N-dealkylation sites (N-methyl/N-ethyl adjacent to an activating group) is 1. The quantitative estimate of drug-likeness (QED) is 0.170. The maximum atomic E-state index is 12.0. The first-order chi connectivity index (χ1) is 22.4. The Morgan fingerprint density at radius 2 is 1.67 bits per heavy atom. The van der Waals surface area contributed by atoms with Crippen LogP contribution in [0.15, 0.2) is 97.2 Å². The molecule has 1 aliphatic heterocycles. The van der Waals surface area contributed by atoms with Crippen molar-refractivity contribution in [3.63, 3.8) is 0 Å². The van der Waals surface area contributed by atoms with Gasteiger partial charge in [-0.15, -0.1) is 0 Å². The Labute approximate surface area is 269 Å². The van der Waals surface area contributed by atoms with Crippen molar-refractivity contribution in [3.05, 3.63) is 125 Å². The normalized spacial score (nSPS) is 17.9. The molecule has 4 aromatic rings. The molecule has 1 amide bonds. The first kappa shape index (κ1) is 33.0. The van der Waals surface area contributed by atoms with Crippen molar-refractivity contribution in [3.8, 4) is 11.1 Å². The van der Waals surface area contributed by atoms with Gasteiger partial charge in [0.05, 0.1) is 25.2 Å². The lowest BCUT2D eigenvalue weighted by Gasteiger charge is -2.38. The van der Waals surface area contributed by atoms with Crippen molar-refractivity contribution >= 4 is 11.9 Å². The van der Waals surface area contributed by atoms with E-state index in [1.54, 1.807) is 0 Å². The predicted molar refractivity (Wildman–Crippen MR) is 174 cm³/mol. The van der Waals surface area contributed by atoms with E-state index in [2.05, 4.69) is 22.2 Å². The van der Waals surface area contributed by atoms with E-state index in [9.17, 15) is 14.7 Å². The topological polar surface area (TPSA) is 121 Å². The summed E-state index contributed by atoms with van der Waals surface area (Å²) in [5.41, 5.74) is 6.84. The van der Waals surface area contributed by atoms with Crippen LogP contribution in [-0.4, -0.2) is 58.2 Å². The van der Waals surface area contributed by atoms with Gasteiger partial charge < -0.3 is 29.9 Å². The molecule has 2 heterocycles. The van der Waals surface area contributed by atoms with E-state index < -0.39 is 12.3 Å². The minimum absolute atomic E-state index is 0.00207. The Morgan fingerprint density at radius 3 is 2.39 bits per heavy atom. The van der Waals surface area contributed by atoms with E-state index in [0.717, 1.165) is 58.6 Å². The lowest BCUT2D eigenvalue weighted by molar-refractivity contribution is -0.252. The highest BCUT2D eigenvalue weighted by atomic mass is 16.7. The zero-order valence-corrected chi connectivity index (χ0v) is 26.0. The van der Waals surface area contributed by atoms with Gasteiger partial charge in [0.2, 0.25) is 5.91 Å². The highest BCUT2D eigenvalue weighted by molar-refractivity contribution is 5.80. The van der Waals surface area contributed by atoms with Gasteiger partial charge in [-0.1, -0.05) is 72.8 Å². The molecule has 1 aromatic heterocycles. The number of hydrogen-bond donors (Lipinski definition) is 3. The first-order valence-corrected chi connectivity index (χ1v) is 15.6. The minimum Gasteiger partial charge on any atom is -0.481 e. The number of aromatic nitrogens is 1. The number of aliphatic hydroxyl groups excluding tert-OH is 1. The van der Waals surface area contributed by atoms with Crippen LogP contribution in [0.25, 0.3) is 11.1 Å². The van der Waals surface area contributed by atoms with E-state index in [4.69, 9.17) is 14.6 Å². The lowest BCUT2D eigenvalue weighted by atomic mass is 9.99. The summed E-state index contributed by atoms with van der Waals surface area (Å²) in [6.07, 6.45) is 2.39. The third kappa shape index (κ3) is 9.55. The molecule has 1 aliphatic rings. The van der Waals surface area contributed by atoms with Gasteiger partial charge in [0, 0.05) is 56.4 Å². The number of nitrogens with zero attached hydrogens (tertiary/aromatic N) is 2. The largest absolute Gasteiger partial charge is 0.481 e. The van der Waals surface area contributed by atoms with Crippen molar-refractivity contribution in [1.29, 1.82) is 0 Å². The summed E-state index contributed by atoms with van der Waals surface area (Å²) in [5.74, 6) is -1.28. The summed E-state index contributed by atoms with van der Waals surface area (Å²) in [5, 5.41) is 21.1. The molecule has 240 valence electrons. The van der Waals surface area contributed by atoms with Gasteiger partial charge in [0.25, 0.3) is 0 Å². The van der Waals surface area contributed by atoms with E-state index >= 15 is 0 Å². The van der Waals surface area contributed by atoms with Crippen LogP contribution in [0, 0.1) is 0 Å². The van der Waals surface area contributed by atoms with Crippen LogP contribution in [0.3, 0.4) is 0 Å². The molecule has 3 N–H and O–H groups in total. The van der Waals surface area contributed by atoms with Gasteiger partial charge in [-0.05, 0) is 53.1 Å². The number of amides is 1. The minimum atomic E-state index is -0.990. The average Bonchev–Trinajstić information content (AvgIpc) is 3.09. The zero-order chi connectivity index (χ0) is 32.3. The maximum Gasteiger partial charge on any atom is 0.303 e. The molecule has 3 aromatic carbocycles. The number of ether oxygens (including phenoxy) is 2. The summed E-state index contributed by atoms with van der Waals surface area (Å²) in [6.45, 7) is 1.93. The molecule has 9 heteroatoms. The number of nitrogens with one attached hydrogen (secondary N) is 1. The smallest absolute Gasteiger partial charge is 0.303 e. The number of carbonyl (C=O) groups excluding carboxylic acids is 1. The molecule has 1 fully saturated rings. The molecule has 0 spiro atoms. The second-order valence-electron chi connectivity index (χ2n) is 11.7. The van der Waals surface area contributed by atoms with Crippen molar-refractivity contribution in [1.82, 2.24) is 15.2 Å². The fraction of sp³-hybridized carbons (Fsp3) is 0.324. The second kappa shape index (κ2) is 16.2. The standard InChI is InChI=1S/C37H41N3O6/c1-40(20-18-32-7-2-3-19-38-32)24-33-22-34(29-10-8-26(25-41)9-11-29)46-37(45-33)30-14-12-28(13-15-30)31-6-4-5-27(21-31)23-39-35(42)16-17-36(43)44/h2-15,19,21,33-34,37,41H,16-18,20,22-25H2,1H3,(H,39,42)(H,43,44). The molecule has 1 saturated heterocycles. The Morgan fingerprint density at radius 1 is 0.891 bits per heavy atom. The van der Waals surface area contributed by atoms with Crippen LogP contribution in [0.4, 0.5) is 0 Å². The zero-order valence-electron chi connectivity index (χ0n) is 26.0. The van der Waals surface area contributed by atoms with Crippen LogP contribution >= 0.6 is 0 Å². The summed E-state index contributed by atoms with van der Waals surface area (Å²) < 4.78 is 13.1. The number of hydrogen-bond acceptors (Lipinski definition) is 7. The van der Waals surface area contributed by atoms with Crippen molar-refractivity contribution in [2.45, 2.75) is 57.3 Å². The number of carbonyl (C=O) groups is 2. The molecule has 46 heavy (non-hydrogen) atoms. The predicted octanol–water partition coefficient (Wildman–Crippen LogP) is 5.44. The molecular weight excluding hydrogens is 582 g/mol. The van der Waals surface area contributed by atoms with Crippen LogP contribution in [0.2, 0.25) is 0 Å². The molecular formula is C37H41N3O6. The van der Waals surface area contributed by atoms with Crippen LogP contribution in [0.5, 0.6) is 0 Å². The van der Waals surface area contributed by atoms with Crippen molar-refractivity contribution in [2.24, 2.45) is 0 Å². The van der Waals surface area contributed by atoms with Gasteiger partial charge in [-0.25, -0.2) is 0 Å². The fourth-order valence-corrected chi connectivity index (χ4v) is 5.53. The van der Waals surface area contributed by atoms with Gasteiger partial charge in [-0.2, -0.15) is 0 Å². The van der Waals surface area contributed by atoms with E-state index in [1.807, 2.05) is 97.2 Å². The number of rotatable bonds is 14. The second-order valence-corrected chi connectivity index (χ2v) is 11.7. The van der Waals surface area contributed by atoms with Gasteiger partial charge >= 0.3 is 5.97 Å². The number of aliphatic carboxylic acids is 1. The number of pyridine rings is 1. The number of carboxylic acids is 1. The number of benzene rings is 3. The Kier molecular flexibility index (Phi) is 11.6. The fourth-order valence-electron chi connectivity index (χ4n) is 5.53. The van der Waals surface area contributed by atoms with Gasteiger partial charge in [-0.3, -0.25) is 14.6 Å². The maximum absolute atomic E-state index is 12.0. The molecule has 3 atom stereocenters. The third-order valence-corrected chi connectivity index (χ3v) is 8.10. The number of aliphatic hydroxyl groups is 1. The van der Waals surface area contributed by atoms with Gasteiger partial charge in [0.15, 0.2) is 6.29 Å². The summed E-state index contributed by atoms with van der Waals surface area (Å²) >= 11 is 0.